The molecule has 0 radical (unpaired) electrons. The van der Waals surface area contributed by atoms with E-state index in [4.69, 9.17) is 5.11 Å². The van der Waals surface area contributed by atoms with Crippen molar-refractivity contribution in [3.63, 3.8) is 0 Å². The minimum Gasteiger partial charge on any atom is -0.481 e. The number of hydrogen-bond donors (Lipinski definition) is 1. The van der Waals surface area contributed by atoms with Crippen LogP contribution in [0.3, 0.4) is 0 Å². The van der Waals surface area contributed by atoms with Crippen LogP contribution in [0.25, 0.3) is 0 Å². The monoisotopic (exact) mass is 231 g/mol. The molecular weight excluding hydrogens is 223 g/mol. The number of aliphatic carboxylic acids is 1. The van der Waals surface area contributed by atoms with Crippen molar-refractivity contribution in [1.29, 1.82) is 0 Å². The lowest BCUT2D eigenvalue weighted by molar-refractivity contribution is -0.141. The third kappa shape index (κ3) is 1.64. The maximum atomic E-state index is 12.4. The Labute approximate surface area is 88.9 Å². The van der Waals surface area contributed by atoms with Crippen LogP contribution in [0, 0.1) is 0 Å². The molecule has 3 nitrogen and oxygen atoms in total. The van der Waals surface area contributed by atoms with Gasteiger partial charge in [-0.05, 0) is 25.0 Å². The van der Waals surface area contributed by atoms with E-state index in [1.807, 2.05) is 0 Å². The van der Waals surface area contributed by atoms with Gasteiger partial charge in [-0.1, -0.05) is 0 Å². The van der Waals surface area contributed by atoms with E-state index in [1.165, 1.54) is 0 Å². The van der Waals surface area contributed by atoms with Crippen molar-refractivity contribution in [2.45, 2.75) is 24.4 Å². The molecule has 0 amide bonds. The molecule has 0 aliphatic heterocycles. The Morgan fingerprint density at radius 2 is 2.06 bits per heavy atom. The highest BCUT2D eigenvalue weighted by Crippen LogP contribution is 2.48. The number of alkyl halides is 3. The predicted octanol–water partition coefficient (Wildman–Crippen LogP) is 2.22. The lowest BCUT2D eigenvalue weighted by Crippen LogP contribution is -2.21. The van der Waals surface area contributed by atoms with Crippen LogP contribution < -0.4 is 0 Å². The number of carboxylic acids is 1. The normalized spacial score (nSPS) is 18.2. The number of carboxylic acid groups (broad SMARTS) is 1. The molecule has 1 heterocycles. The molecule has 6 heteroatoms. The molecule has 1 aliphatic rings. The lowest BCUT2D eigenvalue weighted by atomic mass is 10.0. The van der Waals surface area contributed by atoms with Crippen molar-refractivity contribution in [1.82, 2.24) is 4.98 Å². The van der Waals surface area contributed by atoms with Gasteiger partial charge in [0.25, 0.3) is 0 Å². The molecular formula is C10H8F3NO2. The Bertz CT molecular complexity index is 438. The van der Waals surface area contributed by atoms with Gasteiger partial charge in [0.05, 0.1) is 11.3 Å². The molecule has 86 valence electrons. The van der Waals surface area contributed by atoms with Crippen LogP contribution in [-0.4, -0.2) is 16.1 Å². The van der Waals surface area contributed by atoms with Gasteiger partial charge in [-0.2, -0.15) is 13.2 Å². The average Bonchev–Trinajstić information content (AvgIpc) is 2.97. The van der Waals surface area contributed by atoms with Crippen LogP contribution >= 0.6 is 0 Å². The van der Waals surface area contributed by atoms with E-state index in [-0.39, 0.29) is 5.69 Å². The summed E-state index contributed by atoms with van der Waals surface area (Å²) in [6, 6.07) is 1.66. The van der Waals surface area contributed by atoms with Gasteiger partial charge in [-0.15, -0.1) is 0 Å². The SMILES string of the molecule is O=C(O)C1(c2cc(C(F)(F)F)ccn2)CC1. The van der Waals surface area contributed by atoms with Crippen molar-refractivity contribution < 1.29 is 23.1 Å². The van der Waals surface area contributed by atoms with Crippen molar-refractivity contribution in [2.24, 2.45) is 0 Å². The molecule has 1 aliphatic carbocycles. The van der Waals surface area contributed by atoms with E-state index in [2.05, 4.69) is 4.98 Å². The summed E-state index contributed by atoms with van der Waals surface area (Å²) in [5, 5.41) is 8.93. The van der Waals surface area contributed by atoms with E-state index >= 15 is 0 Å². The van der Waals surface area contributed by atoms with E-state index in [1.54, 1.807) is 0 Å². The maximum Gasteiger partial charge on any atom is 0.416 e. The van der Waals surface area contributed by atoms with Crippen LogP contribution in [0.4, 0.5) is 13.2 Å². The molecule has 0 saturated heterocycles. The summed E-state index contributed by atoms with van der Waals surface area (Å²) in [7, 11) is 0. The highest BCUT2D eigenvalue weighted by molar-refractivity contribution is 5.84. The Kier molecular flexibility index (Phi) is 2.18. The molecule has 1 fully saturated rings. The Balaban J connectivity index is 2.41. The second-order valence-corrected chi connectivity index (χ2v) is 3.81. The summed E-state index contributed by atoms with van der Waals surface area (Å²) in [5.74, 6) is -1.11. The molecule has 0 unspecified atom stereocenters. The molecule has 1 N–H and O–H groups in total. The van der Waals surface area contributed by atoms with Crippen LogP contribution in [0.15, 0.2) is 18.3 Å². The van der Waals surface area contributed by atoms with Crippen molar-refractivity contribution in [3.05, 3.63) is 29.6 Å². The molecule has 0 bridgehead atoms. The average molecular weight is 231 g/mol. The Morgan fingerprint density at radius 3 is 2.50 bits per heavy atom. The quantitative estimate of drug-likeness (QED) is 0.848. The first kappa shape index (κ1) is 10.9. The van der Waals surface area contributed by atoms with E-state index < -0.39 is 23.1 Å². The summed E-state index contributed by atoms with van der Waals surface area (Å²) >= 11 is 0. The fraction of sp³-hybridized carbons (Fsp3) is 0.400. The molecule has 0 spiro atoms. The number of pyridine rings is 1. The zero-order valence-electron chi connectivity index (χ0n) is 8.08. The largest absolute Gasteiger partial charge is 0.481 e. The second kappa shape index (κ2) is 3.20. The van der Waals surface area contributed by atoms with Gasteiger partial charge >= 0.3 is 12.1 Å². The van der Waals surface area contributed by atoms with Crippen LogP contribution in [0.2, 0.25) is 0 Å². The highest BCUT2D eigenvalue weighted by atomic mass is 19.4. The van der Waals surface area contributed by atoms with Crippen LogP contribution in [-0.2, 0) is 16.4 Å². The van der Waals surface area contributed by atoms with Gasteiger partial charge in [0.1, 0.15) is 5.41 Å². The smallest absolute Gasteiger partial charge is 0.416 e. The lowest BCUT2D eigenvalue weighted by Gasteiger charge is -2.12. The topological polar surface area (TPSA) is 50.2 Å². The molecule has 1 saturated carbocycles. The fourth-order valence-electron chi connectivity index (χ4n) is 1.57. The van der Waals surface area contributed by atoms with Gasteiger partial charge in [-0.3, -0.25) is 9.78 Å². The minimum atomic E-state index is -4.47. The number of hydrogen-bond acceptors (Lipinski definition) is 2. The first-order valence-electron chi connectivity index (χ1n) is 4.63. The number of carbonyl (C=O) groups is 1. The van der Waals surface area contributed by atoms with Crippen LogP contribution in [0.5, 0.6) is 0 Å². The first-order valence-corrected chi connectivity index (χ1v) is 4.63. The number of halogens is 3. The van der Waals surface area contributed by atoms with Crippen molar-refractivity contribution in [3.8, 4) is 0 Å². The second-order valence-electron chi connectivity index (χ2n) is 3.81. The van der Waals surface area contributed by atoms with Gasteiger partial charge in [0.15, 0.2) is 0 Å². The Morgan fingerprint density at radius 1 is 1.44 bits per heavy atom. The molecule has 0 atom stereocenters. The minimum absolute atomic E-state index is 0.00479. The number of aromatic nitrogens is 1. The summed E-state index contributed by atoms with van der Waals surface area (Å²) in [6.45, 7) is 0. The maximum absolute atomic E-state index is 12.4. The van der Waals surface area contributed by atoms with E-state index in [9.17, 15) is 18.0 Å². The first-order chi connectivity index (χ1) is 7.36. The van der Waals surface area contributed by atoms with Crippen molar-refractivity contribution in [2.75, 3.05) is 0 Å². The summed E-state index contributed by atoms with van der Waals surface area (Å²) < 4.78 is 37.2. The summed E-state index contributed by atoms with van der Waals surface area (Å²) in [4.78, 5) is 14.7. The molecule has 16 heavy (non-hydrogen) atoms. The summed E-state index contributed by atoms with van der Waals surface area (Å²) in [6.07, 6.45) is -2.78. The highest BCUT2D eigenvalue weighted by Gasteiger charge is 2.53. The summed E-state index contributed by atoms with van der Waals surface area (Å²) in [5.41, 5.74) is -2.05. The number of rotatable bonds is 2. The fourth-order valence-corrected chi connectivity index (χ4v) is 1.57. The number of nitrogens with zero attached hydrogens (tertiary/aromatic N) is 1. The Hall–Kier alpha value is -1.59. The zero-order valence-corrected chi connectivity index (χ0v) is 8.08. The predicted molar refractivity (Wildman–Crippen MR) is 47.8 cm³/mol. The molecule has 0 aromatic carbocycles. The van der Waals surface area contributed by atoms with Gasteiger partial charge in [0, 0.05) is 6.20 Å². The third-order valence-corrected chi connectivity index (χ3v) is 2.74. The van der Waals surface area contributed by atoms with Crippen LogP contribution in [0.1, 0.15) is 24.1 Å². The molecule has 1 aromatic rings. The third-order valence-electron chi connectivity index (χ3n) is 2.74. The molecule has 1 aromatic heterocycles. The van der Waals surface area contributed by atoms with Gasteiger partial charge in [-0.25, -0.2) is 0 Å². The van der Waals surface area contributed by atoms with E-state index in [0.29, 0.717) is 12.8 Å². The molecule has 2 rings (SSSR count). The standard InChI is InChI=1S/C10H8F3NO2/c11-10(12,13)6-1-4-14-7(5-6)9(2-3-9)8(15)16/h1,4-5H,2-3H2,(H,15,16). The van der Waals surface area contributed by atoms with Gasteiger partial charge in [0.2, 0.25) is 0 Å². The van der Waals surface area contributed by atoms with Crippen molar-refractivity contribution >= 4 is 5.97 Å². The van der Waals surface area contributed by atoms with Gasteiger partial charge < -0.3 is 5.11 Å². The van der Waals surface area contributed by atoms with E-state index in [0.717, 1.165) is 18.3 Å². The zero-order chi connectivity index (χ0) is 12.0.